The number of rotatable bonds is 6. The second-order valence-electron chi connectivity index (χ2n) is 6.68. The smallest absolute Gasteiger partial charge is 0.420 e. The number of sulfonamides is 1. The van der Waals surface area contributed by atoms with Crippen molar-refractivity contribution in [2.24, 2.45) is 5.73 Å². The van der Waals surface area contributed by atoms with Crippen LogP contribution in [0.25, 0.3) is 0 Å². The third-order valence-electron chi connectivity index (χ3n) is 4.96. The van der Waals surface area contributed by atoms with Crippen molar-refractivity contribution in [3.63, 3.8) is 0 Å². The Balaban J connectivity index is 2.22. The van der Waals surface area contributed by atoms with Crippen LogP contribution in [0, 0.1) is 0 Å². The molecule has 1 aliphatic rings. The molecule has 1 heterocycles. The lowest BCUT2D eigenvalue weighted by Crippen LogP contribution is -2.56. The second kappa shape index (κ2) is 8.25. The van der Waals surface area contributed by atoms with E-state index in [0.29, 0.717) is 5.70 Å². The SMILES string of the molecule is CCS(=O)(=O)[N+]1(c2ccc(Oc3ccccc3)c(C(F)(F)F)c2)CC=CC=C1CN. The Morgan fingerprint density at radius 3 is 2.43 bits per heavy atom. The van der Waals surface area contributed by atoms with Crippen LogP contribution >= 0.6 is 0 Å². The van der Waals surface area contributed by atoms with Crippen LogP contribution in [0.3, 0.4) is 0 Å². The van der Waals surface area contributed by atoms with Crippen molar-refractivity contribution in [3.05, 3.63) is 78.0 Å². The first-order valence-electron chi connectivity index (χ1n) is 9.27. The van der Waals surface area contributed by atoms with E-state index in [1.807, 2.05) is 0 Å². The molecule has 5 nitrogen and oxygen atoms in total. The van der Waals surface area contributed by atoms with Crippen molar-refractivity contribution in [2.75, 3.05) is 18.8 Å². The molecule has 0 aliphatic carbocycles. The lowest BCUT2D eigenvalue weighted by Gasteiger charge is -2.38. The predicted octanol–water partition coefficient (Wildman–Crippen LogP) is 4.57. The van der Waals surface area contributed by atoms with Crippen molar-refractivity contribution < 1.29 is 26.3 Å². The van der Waals surface area contributed by atoms with Gasteiger partial charge >= 0.3 is 16.2 Å². The molecular formula is C21H22F3N2O3S+. The Morgan fingerprint density at radius 2 is 1.83 bits per heavy atom. The van der Waals surface area contributed by atoms with Gasteiger partial charge in [-0.05, 0) is 37.3 Å². The Hall–Kier alpha value is -2.62. The molecule has 0 amide bonds. The van der Waals surface area contributed by atoms with Gasteiger partial charge in [0.05, 0.1) is 12.3 Å². The first kappa shape index (κ1) is 22.1. The molecule has 30 heavy (non-hydrogen) atoms. The summed E-state index contributed by atoms with van der Waals surface area (Å²) in [5, 5.41) is 0. The van der Waals surface area contributed by atoms with Crippen LogP contribution in [-0.4, -0.2) is 27.3 Å². The summed E-state index contributed by atoms with van der Waals surface area (Å²) in [5.41, 5.74) is 5.00. The van der Waals surface area contributed by atoms with E-state index in [9.17, 15) is 21.6 Å². The molecule has 0 saturated heterocycles. The quantitative estimate of drug-likeness (QED) is 0.670. The van der Waals surface area contributed by atoms with Crippen molar-refractivity contribution in [2.45, 2.75) is 13.1 Å². The standard InChI is InChI=1S/C21H22F3N2O3S/c1-2-30(27,28)26(13-7-6-8-17(26)15-25)16-11-12-20(19(14-16)21(22,23)24)29-18-9-4-3-5-10-18/h3-12,14H,2,13,15,25H2,1H3/q+1. The van der Waals surface area contributed by atoms with E-state index in [1.165, 1.54) is 25.1 Å². The van der Waals surface area contributed by atoms with E-state index in [0.717, 1.165) is 12.1 Å². The van der Waals surface area contributed by atoms with Crippen molar-refractivity contribution in [1.82, 2.24) is 3.89 Å². The number of quaternary nitrogens is 1. The molecule has 9 heteroatoms. The Labute approximate surface area is 173 Å². The molecule has 2 aromatic carbocycles. The summed E-state index contributed by atoms with van der Waals surface area (Å²) in [4.78, 5) is 0. The zero-order chi connectivity index (χ0) is 22.0. The van der Waals surface area contributed by atoms with Crippen LogP contribution in [-0.2, 0) is 16.2 Å². The van der Waals surface area contributed by atoms with E-state index in [2.05, 4.69) is 0 Å². The zero-order valence-electron chi connectivity index (χ0n) is 16.3. The van der Waals surface area contributed by atoms with Crippen molar-refractivity contribution in [3.8, 4) is 11.5 Å². The molecule has 0 saturated carbocycles. The fraction of sp³-hybridized carbons (Fsp3) is 0.238. The number of ether oxygens (including phenoxy) is 1. The number of benzene rings is 2. The molecule has 160 valence electrons. The maximum Gasteiger partial charge on any atom is 0.420 e. The summed E-state index contributed by atoms with van der Waals surface area (Å²) in [7, 11) is -3.90. The molecule has 1 aliphatic heterocycles. The summed E-state index contributed by atoms with van der Waals surface area (Å²) in [6, 6.07) is 11.4. The lowest BCUT2D eigenvalue weighted by molar-refractivity contribution is -0.138. The van der Waals surface area contributed by atoms with Gasteiger partial charge in [0.15, 0.2) is 5.69 Å². The predicted molar refractivity (Wildman–Crippen MR) is 110 cm³/mol. The van der Waals surface area contributed by atoms with Gasteiger partial charge < -0.3 is 10.5 Å². The molecule has 0 aromatic heterocycles. The number of hydrogen-bond acceptors (Lipinski definition) is 4. The molecule has 1 unspecified atom stereocenters. The minimum absolute atomic E-state index is 0.0364. The van der Waals surface area contributed by atoms with E-state index in [4.69, 9.17) is 10.5 Å². The van der Waals surface area contributed by atoms with Gasteiger partial charge in [-0.1, -0.05) is 24.3 Å². The van der Waals surface area contributed by atoms with Gasteiger partial charge in [-0.15, -0.1) is 0 Å². The third kappa shape index (κ3) is 3.88. The number of para-hydroxylation sites is 1. The number of allylic oxidation sites excluding steroid dienone is 2. The number of nitrogens with zero attached hydrogens (tertiary/aromatic N) is 1. The molecule has 0 spiro atoms. The van der Waals surface area contributed by atoms with E-state index in [1.54, 1.807) is 36.4 Å². The fourth-order valence-corrected chi connectivity index (χ4v) is 5.14. The van der Waals surface area contributed by atoms with Gasteiger partial charge in [0.1, 0.15) is 29.3 Å². The molecule has 2 N–H and O–H groups in total. The van der Waals surface area contributed by atoms with Gasteiger partial charge in [0, 0.05) is 12.1 Å². The van der Waals surface area contributed by atoms with Gasteiger partial charge in [0.2, 0.25) is 0 Å². The average Bonchev–Trinajstić information content (AvgIpc) is 2.73. The van der Waals surface area contributed by atoms with E-state index < -0.39 is 31.4 Å². The van der Waals surface area contributed by atoms with Gasteiger partial charge in [-0.2, -0.15) is 25.5 Å². The highest BCUT2D eigenvalue weighted by molar-refractivity contribution is 7.91. The number of halogens is 3. The summed E-state index contributed by atoms with van der Waals surface area (Å²) >= 11 is 0. The monoisotopic (exact) mass is 439 g/mol. The fourth-order valence-electron chi connectivity index (χ4n) is 3.45. The van der Waals surface area contributed by atoms with Crippen LogP contribution in [0.15, 0.2) is 72.5 Å². The van der Waals surface area contributed by atoms with Crippen LogP contribution in [0.2, 0.25) is 0 Å². The minimum atomic E-state index is -4.75. The normalized spacial score (nSPS) is 19.4. The molecule has 2 aromatic rings. The number of nitrogens with two attached hydrogens (primary N) is 1. The summed E-state index contributed by atoms with van der Waals surface area (Å²) in [6.07, 6.45) is 0.0477. The van der Waals surface area contributed by atoms with Gasteiger partial charge in [-0.3, -0.25) is 0 Å². The van der Waals surface area contributed by atoms with Crippen molar-refractivity contribution >= 4 is 15.7 Å². The van der Waals surface area contributed by atoms with E-state index >= 15 is 0 Å². The van der Waals surface area contributed by atoms with Crippen LogP contribution in [0.1, 0.15) is 12.5 Å². The van der Waals surface area contributed by atoms with E-state index in [-0.39, 0.29) is 30.3 Å². The lowest BCUT2D eigenvalue weighted by atomic mass is 10.1. The molecular weight excluding hydrogens is 417 g/mol. The first-order chi connectivity index (χ1) is 14.2. The maximum absolute atomic E-state index is 13.9. The van der Waals surface area contributed by atoms with Crippen LogP contribution in [0.4, 0.5) is 18.9 Å². The number of hydrogen-bond donors (Lipinski definition) is 1. The van der Waals surface area contributed by atoms with Crippen LogP contribution in [0.5, 0.6) is 11.5 Å². The molecule has 1 atom stereocenters. The Bertz CT molecular complexity index is 1080. The second-order valence-corrected chi connectivity index (χ2v) is 9.04. The average molecular weight is 439 g/mol. The third-order valence-corrected chi connectivity index (χ3v) is 7.23. The summed E-state index contributed by atoms with van der Waals surface area (Å²) in [6.45, 7) is 1.29. The Morgan fingerprint density at radius 1 is 1.13 bits per heavy atom. The van der Waals surface area contributed by atoms with Gasteiger partial charge in [0.25, 0.3) is 0 Å². The Kier molecular flexibility index (Phi) is 6.07. The number of alkyl halides is 3. The highest BCUT2D eigenvalue weighted by Gasteiger charge is 2.48. The topological polar surface area (TPSA) is 69.4 Å². The highest BCUT2D eigenvalue weighted by atomic mass is 32.2. The molecule has 3 rings (SSSR count). The summed E-state index contributed by atoms with van der Waals surface area (Å²) < 4.78 is 72.6. The highest BCUT2D eigenvalue weighted by Crippen LogP contribution is 2.44. The maximum atomic E-state index is 13.9. The minimum Gasteiger partial charge on any atom is -0.457 e. The molecule has 0 bridgehead atoms. The summed E-state index contributed by atoms with van der Waals surface area (Å²) in [5.74, 6) is -0.429. The largest absolute Gasteiger partial charge is 0.457 e. The van der Waals surface area contributed by atoms with Gasteiger partial charge in [-0.25, -0.2) is 0 Å². The van der Waals surface area contributed by atoms with Crippen LogP contribution < -0.4 is 14.4 Å². The first-order valence-corrected chi connectivity index (χ1v) is 10.9. The molecule has 0 radical (unpaired) electrons. The zero-order valence-corrected chi connectivity index (χ0v) is 17.1. The molecule has 0 fully saturated rings. The van der Waals surface area contributed by atoms with Crippen molar-refractivity contribution in [1.29, 1.82) is 0 Å².